The van der Waals surface area contributed by atoms with Crippen LogP contribution in [0.1, 0.15) is 10.7 Å². The molecular weight excluding hydrogens is 362 g/mol. The molecule has 0 saturated carbocycles. The molecule has 0 amide bonds. The third-order valence-electron chi connectivity index (χ3n) is 4.22. The first-order valence-electron chi connectivity index (χ1n) is 8.05. The summed E-state index contributed by atoms with van der Waals surface area (Å²) in [7, 11) is 1.98. The molecule has 2 heterocycles. The van der Waals surface area contributed by atoms with Gasteiger partial charge in [-0.05, 0) is 48.0 Å². The Morgan fingerprint density at radius 1 is 1.15 bits per heavy atom. The quantitative estimate of drug-likeness (QED) is 0.411. The van der Waals surface area contributed by atoms with Crippen LogP contribution in [-0.2, 0) is 7.05 Å². The number of thiazole rings is 1. The lowest BCUT2D eigenvalue weighted by molar-refractivity contribution is 0.924. The lowest BCUT2D eigenvalue weighted by Crippen LogP contribution is -1.94. The van der Waals surface area contributed by atoms with Crippen LogP contribution in [0.15, 0.2) is 60.7 Å². The first-order chi connectivity index (χ1) is 12.7. The van der Waals surface area contributed by atoms with Crippen molar-refractivity contribution in [3.8, 4) is 17.3 Å². The number of allylic oxidation sites excluding steroid dienone is 1. The van der Waals surface area contributed by atoms with Gasteiger partial charge in [0.15, 0.2) is 0 Å². The van der Waals surface area contributed by atoms with Gasteiger partial charge in [-0.3, -0.25) is 0 Å². The summed E-state index contributed by atoms with van der Waals surface area (Å²) >= 11 is 7.64. The average molecular weight is 376 g/mol. The molecule has 0 atom stereocenters. The van der Waals surface area contributed by atoms with E-state index in [9.17, 15) is 5.26 Å². The highest BCUT2D eigenvalue weighted by molar-refractivity contribution is 7.19. The third-order valence-corrected chi connectivity index (χ3v) is 5.52. The maximum atomic E-state index is 9.64. The number of para-hydroxylation sites is 1. The highest BCUT2D eigenvalue weighted by atomic mass is 35.5. The smallest absolute Gasteiger partial charge is 0.135 e. The van der Waals surface area contributed by atoms with Crippen LogP contribution in [0.3, 0.4) is 0 Å². The van der Waals surface area contributed by atoms with Gasteiger partial charge in [0, 0.05) is 23.5 Å². The van der Waals surface area contributed by atoms with Gasteiger partial charge >= 0.3 is 0 Å². The van der Waals surface area contributed by atoms with Crippen LogP contribution in [-0.4, -0.2) is 9.55 Å². The maximum absolute atomic E-state index is 9.64. The van der Waals surface area contributed by atoms with Crippen LogP contribution in [0.4, 0.5) is 0 Å². The van der Waals surface area contributed by atoms with Gasteiger partial charge in [-0.2, -0.15) is 5.26 Å². The first-order valence-corrected chi connectivity index (χ1v) is 9.24. The predicted octanol–water partition coefficient (Wildman–Crippen LogP) is 6.02. The topological polar surface area (TPSA) is 41.6 Å². The molecule has 0 fully saturated rings. The van der Waals surface area contributed by atoms with E-state index in [1.54, 1.807) is 0 Å². The van der Waals surface area contributed by atoms with Crippen molar-refractivity contribution in [1.29, 1.82) is 5.26 Å². The van der Waals surface area contributed by atoms with E-state index in [1.807, 2.05) is 73.8 Å². The number of nitriles is 1. The maximum Gasteiger partial charge on any atom is 0.135 e. The number of hydrogen-bond donors (Lipinski definition) is 0. The highest BCUT2D eigenvalue weighted by Crippen LogP contribution is 2.30. The minimum atomic E-state index is 0.560. The molecule has 0 aliphatic rings. The molecule has 126 valence electrons. The molecule has 0 unspecified atom stereocenters. The lowest BCUT2D eigenvalue weighted by atomic mass is 10.1. The average Bonchev–Trinajstić information content (AvgIpc) is 3.23. The SMILES string of the molecule is Cn1c(/C=C(\C#N)c2nc3ccccc3s2)ccc1-c1cccc(Cl)c1. The van der Waals surface area contributed by atoms with Crippen molar-refractivity contribution in [2.45, 2.75) is 0 Å². The van der Waals surface area contributed by atoms with Crippen LogP contribution >= 0.6 is 22.9 Å². The fourth-order valence-electron chi connectivity index (χ4n) is 2.89. The molecule has 2 aromatic heterocycles. The van der Waals surface area contributed by atoms with Gasteiger partial charge < -0.3 is 4.57 Å². The molecule has 3 nitrogen and oxygen atoms in total. The van der Waals surface area contributed by atoms with Crippen molar-refractivity contribution in [3.63, 3.8) is 0 Å². The summed E-state index contributed by atoms with van der Waals surface area (Å²) in [4.78, 5) is 4.59. The molecule has 26 heavy (non-hydrogen) atoms. The summed E-state index contributed by atoms with van der Waals surface area (Å²) < 4.78 is 3.13. The monoisotopic (exact) mass is 375 g/mol. The van der Waals surface area contributed by atoms with E-state index in [4.69, 9.17) is 11.6 Å². The molecule has 4 aromatic rings. The zero-order valence-corrected chi connectivity index (χ0v) is 15.6. The number of nitrogens with zero attached hydrogens (tertiary/aromatic N) is 3. The summed E-state index contributed by atoms with van der Waals surface area (Å²) in [5.74, 6) is 0. The van der Waals surface area contributed by atoms with E-state index in [0.717, 1.165) is 32.2 Å². The van der Waals surface area contributed by atoms with E-state index in [0.29, 0.717) is 10.6 Å². The Labute approximate surface area is 160 Å². The Hall–Kier alpha value is -2.87. The predicted molar refractivity (Wildman–Crippen MR) is 109 cm³/mol. The molecule has 2 aromatic carbocycles. The van der Waals surface area contributed by atoms with Crippen LogP contribution in [0.5, 0.6) is 0 Å². The number of benzene rings is 2. The minimum Gasteiger partial charge on any atom is -0.344 e. The minimum absolute atomic E-state index is 0.560. The van der Waals surface area contributed by atoms with Gasteiger partial charge in [0.25, 0.3) is 0 Å². The normalized spacial score (nSPS) is 11.7. The van der Waals surface area contributed by atoms with Gasteiger partial charge in [-0.1, -0.05) is 35.9 Å². The molecule has 4 rings (SSSR count). The van der Waals surface area contributed by atoms with E-state index < -0.39 is 0 Å². The Balaban J connectivity index is 1.76. The molecule has 0 N–H and O–H groups in total. The number of halogens is 1. The van der Waals surface area contributed by atoms with Gasteiger partial charge in [0.05, 0.1) is 15.8 Å². The molecule has 0 bridgehead atoms. The van der Waals surface area contributed by atoms with Crippen LogP contribution in [0, 0.1) is 11.3 Å². The zero-order chi connectivity index (χ0) is 18.1. The third kappa shape index (κ3) is 3.03. The van der Waals surface area contributed by atoms with Gasteiger partial charge in [0.2, 0.25) is 0 Å². The molecule has 0 aliphatic carbocycles. The fraction of sp³-hybridized carbons (Fsp3) is 0.0476. The van der Waals surface area contributed by atoms with Gasteiger partial charge in [-0.15, -0.1) is 11.3 Å². The zero-order valence-electron chi connectivity index (χ0n) is 14.0. The number of hydrogen-bond acceptors (Lipinski definition) is 3. The Bertz CT molecular complexity index is 1140. The van der Waals surface area contributed by atoms with Crippen molar-refractivity contribution in [3.05, 3.63) is 76.4 Å². The molecule has 0 spiro atoms. The first kappa shape index (κ1) is 16.6. The van der Waals surface area contributed by atoms with Crippen molar-refractivity contribution in [1.82, 2.24) is 9.55 Å². The second kappa shape index (κ2) is 6.80. The van der Waals surface area contributed by atoms with E-state index >= 15 is 0 Å². The molecule has 5 heteroatoms. The van der Waals surface area contributed by atoms with Crippen molar-refractivity contribution in [2.24, 2.45) is 7.05 Å². The highest BCUT2D eigenvalue weighted by Gasteiger charge is 2.11. The number of rotatable bonds is 3. The summed E-state index contributed by atoms with van der Waals surface area (Å²) in [6.45, 7) is 0. The van der Waals surface area contributed by atoms with E-state index in [2.05, 4.69) is 15.6 Å². The largest absolute Gasteiger partial charge is 0.344 e. The van der Waals surface area contributed by atoms with Crippen molar-refractivity contribution >= 4 is 44.8 Å². The van der Waals surface area contributed by atoms with Crippen molar-refractivity contribution < 1.29 is 0 Å². The second-order valence-corrected chi connectivity index (χ2v) is 7.34. The summed E-state index contributed by atoms with van der Waals surface area (Å²) in [5.41, 5.74) is 4.50. The molecule has 0 radical (unpaired) electrons. The molecule has 0 aliphatic heterocycles. The lowest BCUT2D eigenvalue weighted by Gasteiger charge is -2.06. The second-order valence-electron chi connectivity index (χ2n) is 5.87. The molecule has 0 saturated heterocycles. The van der Waals surface area contributed by atoms with Crippen LogP contribution in [0.2, 0.25) is 5.02 Å². The fourth-order valence-corrected chi connectivity index (χ4v) is 4.01. The Kier molecular flexibility index (Phi) is 4.34. The van der Waals surface area contributed by atoms with E-state index in [1.165, 1.54) is 11.3 Å². The Morgan fingerprint density at radius 2 is 2.00 bits per heavy atom. The summed E-state index contributed by atoms with van der Waals surface area (Å²) in [5, 5.41) is 11.1. The van der Waals surface area contributed by atoms with Gasteiger partial charge in [0.1, 0.15) is 11.1 Å². The van der Waals surface area contributed by atoms with Gasteiger partial charge in [-0.25, -0.2) is 4.98 Å². The van der Waals surface area contributed by atoms with E-state index in [-0.39, 0.29) is 0 Å². The molecular formula is C21H14ClN3S. The number of fused-ring (bicyclic) bond motifs is 1. The number of aromatic nitrogens is 2. The van der Waals surface area contributed by atoms with Crippen molar-refractivity contribution in [2.75, 3.05) is 0 Å². The standard InChI is InChI=1S/C21H14ClN3S/c1-25-17(9-10-19(25)14-5-4-6-16(22)11-14)12-15(13-23)21-24-18-7-2-3-8-20(18)26-21/h2-12H,1H3/b15-12+. The van der Waals surface area contributed by atoms with Crippen LogP contribution < -0.4 is 0 Å². The summed E-state index contributed by atoms with van der Waals surface area (Å²) in [6, 6.07) is 22.0. The van der Waals surface area contributed by atoms with Crippen LogP contribution in [0.25, 0.3) is 33.1 Å². The summed E-state index contributed by atoms with van der Waals surface area (Å²) in [6.07, 6.45) is 1.88. The Morgan fingerprint density at radius 3 is 2.77 bits per heavy atom.